The molecule has 1 aromatic rings. The highest BCUT2D eigenvalue weighted by Gasteiger charge is 2.28. The molecule has 2 unspecified atom stereocenters. The summed E-state index contributed by atoms with van der Waals surface area (Å²) < 4.78 is 5.58. The molecule has 4 heteroatoms. The lowest BCUT2D eigenvalue weighted by Gasteiger charge is -2.23. The number of ether oxygens (including phenoxy) is 1. The molecule has 1 rings (SSSR count). The van der Waals surface area contributed by atoms with E-state index in [1.54, 1.807) is 18.4 Å². The van der Waals surface area contributed by atoms with Crippen molar-refractivity contribution < 1.29 is 4.74 Å². The fourth-order valence-electron chi connectivity index (χ4n) is 1.83. The van der Waals surface area contributed by atoms with Crippen LogP contribution in [-0.2, 0) is 10.3 Å². The standard InChI is InChI=1S/C13H24N2OS/c1-5-7-10(8-14)11-9-17-12(15-11)13(3,6-2)16-4/h9-10H,5-8,14H2,1-4H3. The first kappa shape index (κ1) is 14.6. The van der Waals surface area contributed by atoms with Crippen LogP contribution >= 0.6 is 11.3 Å². The van der Waals surface area contributed by atoms with E-state index in [9.17, 15) is 0 Å². The van der Waals surface area contributed by atoms with Crippen LogP contribution in [0.15, 0.2) is 5.38 Å². The lowest BCUT2D eigenvalue weighted by atomic mass is 10.0. The molecule has 0 aliphatic carbocycles. The largest absolute Gasteiger partial charge is 0.371 e. The minimum absolute atomic E-state index is 0.256. The van der Waals surface area contributed by atoms with Crippen LogP contribution in [0.2, 0.25) is 0 Å². The SMILES string of the molecule is CCCC(CN)c1csc(C(C)(CC)OC)n1. The Morgan fingerprint density at radius 2 is 2.24 bits per heavy atom. The molecule has 0 spiro atoms. The maximum Gasteiger partial charge on any atom is 0.125 e. The monoisotopic (exact) mass is 256 g/mol. The topological polar surface area (TPSA) is 48.1 Å². The van der Waals surface area contributed by atoms with Crippen LogP contribution in [0.1, 0.15) is 56.7 Å². The lowest BCUT2D eigenvalue weighted by Crippen LogP contribution is -2.23. The molecule has 0 aliphatic heterocycles. The van der Waals surface area contributed by atoms with E-state index in [1.807, 2.05) is 0 Å². The molecule has 2 N–H and O–H groups in total. The van der Waals surface area contributed by atoms with Crippen molar-refractivity contribution in [2.24, 2.45) is 5.73 Å². The Kier molecular flexibility index (Phi) is 5.56. The number of rotatable bonds is 7. The average Bonchev–Trinajstić information content (AvgIpc) is 2.84. The second-order valence-corrected chi connectivity index (χ2v) is 5.45. The Hall–Kier alpha value is -0.450. The van der Waals surface area contributed by atoms with Crippen LogP contribution in [-0.4, -0.2) is 18.6 Å². The first-order valence-electron chi connectivity index (χ1n) is 6.32. The second kappa shape index (κ2) is 6.47. The Labute approximate surface area is 108 Å². The minimum Gasteiger partial charge on any atom is -0.371 e. The highest BCUT2D eigenvalue weighted by molar-refractivity contribution is 7.09. The summed E-state index contributed by atoms with van der Waals surface area (Å²) in [7, 11) is 1.75. The van der Waals surface area contributed by atoms with E-state index >= 15 is 0 Å². The van der Waals surface area contributed by atoms with Gasteiger partial charge in [0.15, 0.2) is 0 Å². The Morgan fingerprint density at radius 3 is 2.71 bits per heavy atom. The normalized spacial score (nSPS) is 16.8. The Bertz CT molecular complexity index is 334. The van der Waals surface area contributed by atoms with Crippen molar-refractivity contribution >= 4 is 11.3 Å². The summed E-state index contributed by atoms with van der Waals surface area (Å²) in [6.07, 6.45) is 3.18. The van der Waals surface area contributed by atoms with Gasteiger partial charge in [-0.2, -0.15) is 0 Å². The van der Waals surface area contributed by atoms with Crippen molar-refractivity contribution in [2.75, 3.05) is 13.7 Å². The summed E-state index contributed by atoms with van der Waals surface area (Å²) in [5, 5.41) is 3.20. The summed E-state index contributed by atoms with van der Waals surface area (Å²) in [5.74, 6) is 0.392. The molecule has 2 atom stereocenters. The Balaban J connectivity index is 2.90. The number of methoxy groups -OCH3 is 1. The third-order valence-corrected chi connectivity index (χ3v) is 4.55. The molecule has 3 nitrogen and oxygen atoms in total. The number of thiazole rings is 1. The van der Waals surface area contributed by atoms with E-state index in [4.69, 9.17) is 15.5 Å². The van der Waals surface area contributed by atoms with Gasteiger partial charge in [-0.25, -0.2) is 4.98 Å². The summed E-state index contributed by atoms with van der Waals surface area (Å²) in [4.78, 5) is 4.73. The molecule has 0 radical (unpaired) electrons. The van der Waals surface area contributed by atoms with Gasteiger partial charge in [-0.15, -0.1) is 11.3 Å². The number of aromatic nitrogens is 1. The zero-order valence-corrected chi connectivity index (χ0v) is 12.1. The molecule has 0 saturated heterocycles. The predicted molar refractivity (Wildman–Crippen MR) is 73.5 cm³/mol. The maximum absolute atomic E-state index is 5.81. The third kappa shape index (κ3) is 3.27. The van der Waals surface area contributed by atoms with Gasteiger partial charge in [-0.1, -0.05) is 20.3 Å². The van der Waals surface area contributed by atoms with Gasteiger partial charge in [-0.05, 0) is 19.8 Å². The van der Waals surface area contributed by atoms with E-state index in [0.717, 1.165) is 30.0 Å². The summed E-state index contributed by atoms with van der Waals surface area (Å²) in [5.41, 5.74) is 6.68. The minimum atomic E-state index is -0.256. The molecule has 0 fully saturated rings. The number of hydrogen-bond acceptors (Lipinski definition) is 4. The highest BCUT2D eigenvalue weighted by Crippen LogP contribution is 2.33. The van der Waals surface area contributed by atoms with E-state index in [2.05, 4.69) is 26.2 Å². The molecule has 0 saturated carbocycles. The van der Waals surface area contributed by atoms with Crippen molar-refractivity contribution in [3.63, 3.8) is 0 Å². The second-order valence-electron chi connectivity index (χ2n) is 4.59. The van der Waals surface area contributed by atoms with E-state index in [-0.39, 0.29) is 5.60 Å². The smallest absolute Gasteiger partial charge is 0.125 e. The van der Waals surface area contributed by atoms with Gasteiger partial charge in [0.1, 0.15) is 10.6 Å². The number of nitrogens with two attached hydrogens (primary N) is 1. The van der Waals surface area contributed by atoms with Gasteiger partial charge < -0.3 is 10.5 Å². The van der Waals surface area contributed by atoms with Gasteiger partial charge in [-0.3, -0.25) is 0 Å². The number of hydrogen-bond donors (Lipinski definition) is 1. The molecule has 0 aliphatic rings. The highest BCUT2D eigenvalue weighted by atomic mass is 32.1. The third-order valence-electron chi connectivity index (χ3n) is 3.44. The van der Waals surface area contributed by atoms with Crippen molar-refractivity contribution in [1.82, 2.24) is 4.98 Å². The molecule has 0 aromatic carbocycles. The van der Waals surface area contributed by atoms with Crippen LogP contribution in [0.5, 0.6) is 0 Å². The first-order valence-corrected chi connectivity index (χ1v) is 7.20. The van der Waals surface area contributed by atoms with Crippen LogP contribution in [0.4, 0.5) is 0 Å². The van der Waals surface area contributed by atoms with Crippen molar-refractivity contribution in [1.29, 1.82) is 0 Å². The molecular formula is C13H24N2OS. The molecule has 0 amide bonds. The predicted octanol–water partition coefficient (Wildman–Crippen LogP) is 3.26. The fraction of sp³-hybridized carbons (Fsp3) is 0.769. The zero-order chi connectivity index (χ0) is 12.9. The first-order chi connectivity index (χ1) is 8.11. The molecule has 17 heavy (non-hydrogen) atoms. The van der Waals surface area contributed by atoms with Crippen LogP contribution in [0.3, 0.4) is 0 Å². The van der Waals surface area contributed by atoms with E-state index in [1.165, 1.54) is 0 Å². The number of nitrogens with zero attached hydrogens (tertiary/aromatic N) is 1. The van der Waals surface area contributed by atoms with Gasteiger partial charge in [0, 0.05) is 25.0 Å². The zero-order valence-electron chi connectivity index (χ0n) is 11.3. The average molecular weight is 256 g/mol. The van der Waals surface area contributed by atoms with E-state index < -0.39 is 0 Å². The van der Waals surface area contributed by atoms with Gasteiger partial charge >= 0.3 is 0 Å². The molecule has 98 valence electrons. The van der Waals surface area contributed by atoms with Crippen LogP contribution in [0.25, 0.3) is 0 Å². The van der Waals surface area contributed by atoms with E-state index in [0.29, 0.717) is 12.5 Å². The maximum atomic E-state index is 5.81. The molecular weight excluding hydrogens is 232 g/mol. The van der Waals surface area contributed by atoms with Gasteiger partial charge in [0.25, 0.3) is 0 Å². The van der Waals surface area contributed by atoms with Crippen molar-refractivity contribution in [3.8, 4) is 0 Å². The van der Waals surface area contributed by atoms with Crippen LogP contribution < -0.4 is 5.73 Å². The fourth-order valence-corrected chi connectivity index (χ4v) is 2.95. The summed E-state index contributed by atoms with van der Waals surface area (Å²) in [6.45, 7) is 7.07. The van der Waals surface area contributed by atoms with Crippen molar-refractivity contribution in [2.45, 2.75) is 51.6 Å². The van der Waals surface area contributed by atoms with Gasteiger partial charge in [0.2, 0.25) is 0 Å². The molecule has 1 aromatic heterocycles. The Morgan fingerprint density at radius 1 is 1.53 bits per heavy atom. The van der Waals surface area contributed by atoms with Crippen molar-refractivity contribution in [3.05, 3.63) is 16.1 Å². The quantitative estimate of drug-likeness (QED) is 0.814. The van der Waals surface area contributed by atoms with Crippen LogP contribution in [0, 0.1) is 0 Å². The summed E-state index contributed by atoms with van der Waals surface area (Å²) >= 11 is 1.68. The molecule has 1 heterocycles. The summed E-state index contributed by atoms with van der Waals surface area (Å²) in [6, 6.07) is 0. The molecule has 0 bridgehead atoms. The van der Waals surface area contributed by atoms with Gasteiger partial charge in [0.05, 0.1) is 5.69 Å². The lowest BCUT2D eigenvalue weighted by molar-refractivity contribution is -0.00170.